The Morgan fingerprint density at radius 3 is 1.81 bits per heavy atom. The second-order valence-corrected chi connectivity index (χ2v) is 18.6. The third-order valence-corrected chi connectivity index (χ3v) is 11.7. The average molecular weight is 978 g/mol. The maximum absolute atomic E-state index is 14.6. The van der Waals surface area contributed by atoms with Crippen molar-refractivity contribution in [3.63, 3.8) is 0 Å². The molecule has 8 atom stereocenters. The van der Waals surface area contributed by atoms with Gasteiger partial charge in [-0.25, -0.2) is 4.79 Å². The van der Waals surface area contributed by atoms with Crippen LogP contribution in [0.25, 0.3) is 10.9 Å². The van der Waals surface area contributed by atoms with Crippen LogP contribution in [0.15, 0.2) is 85.1 Å². The van der Waals surface area contributed by atoms with Gasteiger partial charge < -0.3 is 63.7 Å². The molecule has 0 saturated heterocycles. The van der Waals surface area contributed by atoms with Gasteiger partial charge in [-0.1, -0.05) is 60.7 Å². The number of para-hydroxylation sites is 1. The van der Waals surface area contributed by atoms with Gasteiger partial charge in [-0.3, -0.25) is 28.8 Å². The minimum atomic E-state index is -1.66. The number of aromatic amines is 1. The first-order chi connectivity index (χ1) is 32.2. The molecule has 14 N–H and O–H groups in total. The van der Waals surface area contributed by atoms with Gasteiger partial charge in [0.15, 0.2) is 0 Å². The zero-order valence-corrected chi connectivity index (χ0v) is 39.9. The van der Waals surface area contributed by atoms with Crippen LogP contribution in [-0.2, 0) is 52.8 Å². The van der Waals surface area contributed by atoms with Crippen molar-refractivity contribution in [2.75, 3.05) is 12.3 Å². The zero-order valence-electron chi connectivity index (χ0n) is 38.1. The Morgan fingerprint density at radius 2 is 1.22 bits per heavy atom. The molecule has 0 saturated carbocycles. The number of hydrogen-bond donors (Lipinski definition) is 14. The van der Waals surface area contributed by atoms with Gasteiger partial charge in [0.1, 0.15) is 42.0 Å². The van der Waals surface area contributed by atoms with Crippen LogP contribution in [0.5, 0.6) is 5.75 Å². The van der Waals surface area contributed by atoms with E-state index in [4.69, 9.17) is 11.5 Å². The lowest BCUT2D eigenvalue weighted by Gasteiger charge is -2.30. The number of fused-ring (bicyclic) bond motifs is 1. The topological polar surface area (TPSA) is 320 Å². The molecule has 21 heteroatoms. The number of carbonyl (C=O) groups excluding carboxylic acids is 6. The summed E-state index contributed by atoms with van der Waals surface area (Å²) in [6.07, 6.45) is 0.850. The van der Waals surface area contributed by atoms with E-state index < -0.39 is 94.6 Å². The summed E-state index contributed by atoms with van der Waals surface area (Å²) in [6, 6.07) is 12.6. The second-order valence-electron chi connectivity index (χ2n) is 17.1. The van der Waals surface area contributed by atoms with Crippen molar-refractivity contribution < 1.29 is 48.9 Å². The number of carbonyl (C=O) groups is 7. The van der Waals surface area contributed by atoms with Crippen LogP contribution in [0.1, 0.15) is 56.7 Å². The summed E-state index contributed by atoms with van der Waals surface area (Å²) >= 11 is 8.58. The highest BCUT2D eigenvalue weighted by atomic mass is 32.1. The standard InChI is InChI=1S/C47H63N9O10S2/c1-26(57)38(45(64)56-39(46(65)66)47(2,3)68)55-41(60)34(15-9-10-20-48)51-43(62)36(23-29-24-50-33-14-8-7-13-31(29)33)53-42(61)35(22-28-16-18-30(58)19-17-28)52-44(63)37(25-67)54-40(59)32(49)21-27-11-5-4-6-12-27/h4-8,11-14,16-19,24,26,32,34-39,50,57-58,67-68H,9-10,15,20-23,25,48-49H2,1-3H3,(H,51,62)(H,52,63)(H,53,61)(H,54,59)(H,55,60)(H,56,64)(H,65,66)/t26-,32-,34+,35+,36-,37+,38+,39-/m1/s1. The van der Waals surface area contributed by atoms with Crippen molar-refractivity contribution in [1.82, 2.24) is 36.9 Å². The highest BCUT2D eigenvalue weighted by Gasteiger charge is 2.38. The first-order valence-corrected chi connectivity index (χ1v) is 23.2. The van der Waals surface area contributed by atoms with Crippen molar-refractivity contribution in [1.29, 1.82) is 0 Å². The summed E-state index contributed by atoms with van der Waals surface area (Å²) in [4.78, 5) is 98.7. The monoisotopic (exact) mass is 977 g/mol. The van der Waals surface area contributed by atoms with Crippen LogP contribution in [-0.4, -0.2) is 127 Å². The fourth-order valence-corrected chi connectivity index (χ4v) is 7.68. The van der Waals surface area contributed by atoms with Crippen molar-refractivity contribution in [2.45, 2.75) is 112 Å². The van der Waals surface area contributed by atoms with Gasteiger partial charge in [0.05, 0.1) is 12.1 Å². The number of aromatic nitrogens is 1. The number of nitrogens with two attached hydrogens (primary N) is 2. The molecule has 68 heavy (non-hydrogen) atoms. The molecule has 3 aromatic carbocycles. The maximum Gasteiger partial charge on any atom is 0.327 e. The van der Waals surface area contributed by atoms with Gasteiger partial charge in [-0.15, -0.1) is 0 Å². The molecule has 0 spiro atoms. The fourth-order valence-electron chi connectivity index (χ4n) is 7.25. The summed E-state index contributed by atoms with van der Waals surface area (Å²) in [5.41, 5.74) is 14.6. The number of thiol groups is 2. The van der Waals surface area contributed by atoms with E-state index in [1.54, 1.807) is 36.5 Å². The van der Waals surface area contributed by atoms with E-state index in [9.17, 15) is 48.9 Å². The second kappa shape index (κ2) is 25.9. The van der Waals surface area contributed by atoms with Crippen LogP contribution in [0.4, 0.5) is 0 Å². The molecule has 0 radical (unpaired) electrons. The van der Waals surface area contributed by atoms with Gasteiger partial charge in [-0.05, 0) is 87.9 Å². The molecule has 0 fully saturated rings. The summed E-state index contributed by atoms with van der Waals surface area (Å²) < 4.78 is -1.25. The summed E-state index contributed by atoms with van der Waals surface area (Å²) in [6.45, 7) is 4.41. The van der Waals surface area contributed by atoms with Crippen LogP contribution < -0.4 is 43.4 Å². The van der Waals surface area contributed by atoms with Crippen LogP contribution >= 0.6 is 25.3 Å². The molecule has 0 aliphatic rings. The Balaban J connectivity index is 1.64. The van der Waals surface area contributed by atoms with Crippen molar-refractivity contribution >= 4 is 77.6 Å². The Bertz CT molecular complexity index is 2340. The third-order valence-electron chi connectivity index (χ3n) is 11.1. The number of benzene rings is 3. The molecule has 1 heterocycles. The molecule has 19 nitrogen and oxygen atoms in total. The molecule has 6 amide bonds. The number of aliphatic hydroxyl groups is 1. The van der Waals surface area contributed by atoms with Crippen LogP contribution in [0, 0.1) is 0 Å². The number of carboxylic acids is 1. The largest absolute Gasteiger partial charge is 0.508 e. The lowest BCUT2D eigenvalue weighted by molar-refractivity contribution is -0.143. The van der Waals surface area contributed by atoms with Crippen molar-refractivity contribution in [2.24, 2.45) is 11.5 Å². The molecule has 4 aromatic rings. The quantitative estimate of drug-likeness (QED) is 0.0300. The van der Waals surface area contributed by atoms with E-state index in [0.29, 0.717) is 24.0 Å². The van der Waals surface area contributed by atoms with E-state index in [-0.39, 0.29) is 43.7 Å². The van der Waals surface area contributed by atoms with Crippen molar-refractivity contribution in [3.05, 3.63) is 102 Å². The number of aliphatic hydroxyl groups excluding tert-OH is 1. The number of H-pyrrole nitrogens is 1. The highest BCUT2D eigenvalue weighted by Crippen LogP contribution is 2.21. The van der Waals surface area contributed by atoms with Gasteiger partial charge in [0, 0.05) is 40.4 Å². The minimum Gasteiger partial charge on any atom is -0.508 e. The molecule has 1 aromatic heterocycles. The number of unbranched alkanes of at least 4 members (excludes halogenated alkanes) is 1. The summed E-state index contributed by atoms with van der Waals surface area (Å²) in [7, 11) is 0. The smallest absolute Gasteiger partial charge is 0.327 e. The molecular formula is C47H63N9O10S2. The van der Waals surface area contributed by atoms with Gasteiger partial charge in [-0.2, -0.15) is 25.3 Å². The number of aromatic hydroxyl groups is 1. The Hall–Kier alpha value is -6.13. The highest BCUT2D eigenvalue weighted by molar-refractivity contribution is 7.81. The molecule has 0 unspecified atom stereocenters. The summed E-state index contributed by atoms with van der Waals surface area (Å²) in [5, 5.41) is 46.6. The van der Waals surface area contributed by atoms with E-state index in [1.807, 2.05) is 36.4 Å². The number of phenols is 1. The Kier molecular flexibility index (Phi) is 20.7. The Morgan fingerprint density at radius 1 is 0.676 bits per heavy atom. The van der Waals surface area contributed by atoms with Gasteiger partial charge in [0.25, 0.3) is 0 Å². The molecule has 0 aliphatic carbocycles. The molecule has 4 rings (SSSR count). The number of phenolic OH excluding ortho intramolecular Hbond substituents is 1. The number of aliphatic carboxylic acids is 1. The normalized spacial score (nSPS) is 15.0. The van der Waals surface area contributed by atoms with E-state index in [0.717, 1.165) is 16.5 Å². The molecular weight excluding hydrogens is 915 g/mol. The lowest BCUT2D eigenvalue weighted by Crippen LogP contribution is -2.62. The molecule has 0 bridgehead atoms. The summed E-state index contributed by atoms with van der Waals surface area (Å²) in [5.74, 6) is -6.61. The van der Waals surface area contributed by atoms with Gasteiger partial charge in [0.2, 0.25) is 35.4 Å². The van der Waals surface area contributed by atoms with Crippen molar-refractivity contribution in [3.8, 4) is 5.75 Å². The Labute approximate surface area is 405 Å². The van der Waals surface area contributed by atoms with E-state index >= 15 is 0 Å². The number of amides is 6. The third kappa shape index (κ3) is 16.3. The number of rotatable bonds is 26. The number of nitrogens with one attached hydrogen (secondary N) is 7. The average Bonchev–Trinajstić information content (AvgIpc) is 3.70. The first-order valence-electron chi connectivity index (χ1n) is 22.1. The SMILES string of the molecule is C[C@@H](O)[C@H](NC(=O)[C@H](CCCCN)NC(=O)[C@@H](Cc1c[nH]c2ccccc12)NC(=O)[C@H](Cc1ccc(O)cc1)NC(=O)[C@H](CS)NC(=O)[C@H](N)Cc1ccccc1)C(=O)N[C@H](C(=O)O)C(C)(C)S. The maximum atomic E-state index is 14.6. The van der Waals surface area contributed by atoms with Crippen LogP contribution in [0.3, 0.4) is 0 Å². The minimum absolute atomic E-state index is 0.00345. The fraction of sp³-hybridized carbons (Fsp3) is 0.426. The zero-order chi connectivity index (χ0) is 50.1. The predicted octanol–water partition coefficient (Wildman–Crippen LogP) is 0.370. The number of hydrogen-bond acceptors (Lipinski definition) is 13. The predicted molar refractivity (Wildman–Crippen MR) is 263 cm³/mol. The number of carboxylic acid groups (broad SMARTS) is 1. The van der Waals surface area contributed by atoms with E-state index in [2.05, 4.69) is 62.1 Å². The van der Waals surface area contributed by atoms with E-state index in [1.165, 1.54) is 32.9 Å². The van der Waals surface area contributed by atoms with Crippen LogP contribution in [0.2, 0.25) is 0 Å². The first kappa shape index (κ1) is 54.5. The molecule has 368 valence electrons. The van der Waals surface area contributed by atoms with Gasteiger partial charge >= 0.3 is 5.97 Å². The molecule has 0 aliphatic heterocycles. The lowest BCUT2D eigenvalue weighted by atomic mass is 10.0.